The van der Waals surface area contributed by atoms with Gasteiger partial charge in [-0.2, -0.15) is 0 Å². The van der Waals surface area contributed by atoms with Gasteiger partial charge in [0.05, 0.1) is 6.61 Å². The van der Waals surface area contributed by atoms with Crippen molar-refractivity contribution in [1.29, 1.82) is 0 Å². The number of hydrogen-bond acceptors (Lipinski definition) is 4. The fourth-order valence-corrected chi connectivity index (χ4v) is 3.07. The zero-order valence-corrected chi connectivity index (χ0v) is 15.2. The van der Waals surface area contributed by atoms with E-state index in [0.717, 1.165) is 30.4 Å². The fraction of sp³-hybridized carbons (Fsp3) is 0.700. The first-order valence-electron chi connectivity index (χ1n) is 9.40. The molecule has 0 bridgehead atoms. The molecule has 1 aliphatic carbocycles. The van der Waals surface area contributed by atoms with E-state index in [1.54, 1.807) is 0 Å². The van der Waals surface area contributed by atoms with Crippen LogP contribution in [-0.4, -0.2) is 37.0 Å². The SMILES string of the molecule is CC(C)NCC(O)COc1ccc(OCCC2CCCCC2)cc1. The van der Waals surface area contributed by atoms with Crippen LogP contribution in [0.25, 0.3) is 0 Å². The average Bonchev–Trinajstić information content (AvgIpc) is 2.60. The van der Waals surface area contributed by atoms with Crippen LogP contribution >= 0.6 is 0 Å². The maximum Gasteiger partial charge on any atom is 0.119 e. The number of ether oxygens (including phenoxy) is 2. The molecule has 1 aromatic rings. The second-order valence-electron chi connectivity index (χ2n) is 7.14. The van der Waals surface area contributed by atoms with E-state index >= 15 is 0 Å². The number of rotatable bonds is 10. The molecule has 0 heterocycles. The van der Waals surface area contributed by atoms with Gasteiger partial charge >= 0.3 is 0 Å². The van der Waals surface area contributed by atoms with Crippen molar-refractivity contribution in [2.45, 2.75) is 64.5 Å². The van der Waals surface area contributed by atoms with E-state index in [1.165, 1.54) is 32.1 Å². The van der Waals surface area contributed by atoms with Gasteiger partial charge in [-0.25, -0.2) is 0 Å². The molecule has 2 rings (SSSR count). The van der Waals surface area contributed by atoms with Crippen molar-refractivity contribution in [2.24, 2.45) is 5.92 Å². The van der Waals surface area contributed by atoms with Crippen LogP contribution in [0, 0.1) is 5.92 Å². The summed E-state index contributed by atoms with van der Waals surface area (Å²) in [5.41, 5.74) is 0. The van der Waals surface area contributed by atoms with Gasteiger partial charge in [0.1, 0.15) is 24.2 Å². The molecule has 1 saturated carbocycles. The Morgan fingerprint density at radius 1 is 1.04 bits per heavy atom. The smallest absolute Gasteiger partial charge is 0.119 e. The van der Waals surface area contributed by atoms with Crippen LogP contribution < -0.4 is 14.8 Å². The molecule has 2 N–H and O–H groups in total. The molecule has 1 aromatic carbocycles. The topological polar surface area (TPSA) is 50.7 Å². The molecule has 0 aliphatic heterocycles. The molecule has 4 nitrogen and oxygen atoms in total. The van der Waals surface area contributed by atoms with Crippen LogP contribution in [0.3, 0.4) is 0 Å². The van der Waals surface area contributed by atoms with E-state index < -0.39 is 6.10 Å². The lowest BCUT2D eigenvalue weighted by Crippen LogP contribution is -2.35. The van der Waals surface area contributed by atoms with Crippen LogP contribution in [0.5, 0.6) is 11.5 Å². The Hall–Kier alpha value is -1.26. The predicted octanol–water partition coefficient (Wildman–Crippen LogP) is 3.77. The highest BCUT2D eigenvalue weighted by Gasteiger charge is 2.13. The van der Waals surface area contributed by atoms with Gasteiger partial charge in [0.25, 0.3) is 0 Å². The normalized spacial score (nSPS) is 17.0. The first-order chi connectivity index (χ1) is 11.6. The predicted molar refractivity (Wildman–Crippen MR) is 97.8 cm³/mol. The second kappa shape index (κ2) is 10.6. The van der Waals surface area contributed by atoms with Crippen molar-refractivity contribution in [2.75, 3.05) is 19.8 Å². The van der Waals surface area contributed by atoms with Gasteiger partial charge in [-0.15, -0.1) is 0 Å². The molecule has 1 aliphatic rings. The van der Waals surface area contributed by atoms with E-state index in [9.17, 15) is 5.11 Å². The molecular formula is C20H33NO3. The summed E-state index contributed by atoms with van der Waals surface area (Å²) in [6, 6.07) is 8.05. The van der Waals surface area contributed by atoms with E-state index in [4.69, 9.17) is 9.47 Å². The Labute approximate surface area is 146 Å². The number of benzene rings is 1. The third-order valence-electron chi connectivity index (χ3n) is 4.55. The van der Waals surface area contributed by atoms with Gasteiger partial charge in [0, 0.05) is 12.6 Å². The molecular weight excluding hydrogens is 302 g/mol. The number of nitrogens with one attached hydrogen (secondary N) is 1. The summed E-state index contributed by atoms with van der Waals surface area (Å²) in [6.45, 7) is 5.74. The zero-order chi connectivity index (χ0) is 17.2. The third-order valence-corrected chi connectivity index (χ3v) is 4.55. The lowest BCUT2D eigenvalue weighted by atomic mass is 9.87. The molecule has 0 amide bonds. The summed E-state index contributed by atoms with van der Waals surface area (Å²) in [7, 11) is 0. The largest absolute Gasteiger partial charge is 0.494 e. The van der Waals surface area contributed by atoms with Gasteiger partial charge < -0.3 is 19.9 Å². The molecule has 1 fully saturated rings. The standard InChI is InChI=1S/C20H33NO3/c1-16(2)21-14-18(22)15-24-20-10-8-19(9-11-20)23-13-12-17-6-4-3-5-7-17/h8-11,16-18,21-22H,3-7,12-15H2,1-2H3. The quantitative estimate of drug-likeness (QED) is 0.683. The molecule has 1 atom stereocenters. The molecule has 136 valence electrons. The van der Waals surface area contributed by atoms with Crippen molar-refractivity contribution in [3.63, 3.8) is 0 Å². The Bertz CT molecular complexity index is 441. The molecule has 0 aromatic heterocycles. The van der Waals surface area contributed by atoms with E-state index in [1.807, 2.05) is 24.3 Å². The summed E-state index contributed by atoms with van der Waals surface area (Å²) in [4.78, 5) is 0. The van der Waals surface area contributed by atoms with Crippen LogP contribution in [0.2, 0.25) is 0 Å². The molecule has 0 radical (unpaired) electrons. The number of aliphatic hydroxyl groups excluding tert-OH is 1. The van der Waals surface area contributed by atoms with Gasteiger partial charge in [0.15, 0.2) is 0 Å². The Kier molecular flexibility index (Phi) is 8.40. The first kappa shape index (κ1) is 19.1. The second-order valence-corrected chi connectivity index (χ2v) is 7.14. The van der Waals surface area contributed by atoms with E-state index in [2.05, 4.69) is 19.2 Å². The highest BCUT2D eigenvalue weighted by Crippen LogP contribution is 2.26. The maximum atomic E-state index is 9.84. The minimum atomic E-state index is -0.501. The number of hydrogen-bond donors (Lipinski definition) is 2. The third kappa shape index (κ3) is 7.54. The lowest BCUT2D eigenvalue weighted by Gasteiger charge is -2.21. The minimum Gasteiger partial charge on any atom is -0.494 e. The van der Waals surface area contributed by atoms with Gasteiger partial charge in [0.2, 0.25) is 0 Å². The highest BCUT2D eigenvalue weighted by atomic mass is 16.5. The van der Waals surface area contributed by atoms with Gasteiger partial charge in [-0.3, -0.25) is 0 Å². The fourth-order valence-electron chi connectivity index (χ4n) is 3.07. The van der Waals surface area contributed by atoms with Crippen molar-refractivity contribution < 1.29 is 14.6 Å². The molecule has 24 heavy (non-hydrogen) atoms. The van der Waals surface area contributed by atoms with E-state index in [-0.39, 0.29) is 0 Å². The summed E-state index contributed by atoms with van der Waals surface area (Å²) >= 11 is 0. The molecule has 1 unspecified atom stereocenters. The zero-order valence-electron chi connectivity index (χ0n) is 15.2. The highest BCUT2D eigenvalue weighted by molar-refractivity contribution is 5.31. The minimum absolute atomic E-state index is 0.293. The van der Waals surface area contributed by atoms with Crippen LogP contribution in [0.15, 0.2) is 24.3 Å². The van der Waals surface area contributed by atoms with Crippen molar-refractivity contribution in [3.8, 4) is 11.5 Å². The lowest BCUT2D eigenvalue weighted by molar-refractivity contribution is 0.104. The first-order valence-corrected chi connectivity index (χ1v) is 9.40. The van der Waals surface area contributed by atoms with Crippen molar-refractivity contribution >= 4 is 0 Å². The van der Waals surface area contributed by atoms with Crippen LogP contribution in [0.1, 0.15) is 52.4 Å². The van der Waals surface area contributed by atoms with Crippen molar-refractivity contribution in [3.05, 3.63) is 24.3 Å². The number of aliphatic hydroxyl groups is 1. The van der Waals surface area contributed by atoms with Crippen molar-refractivity contribution in [1.82, 2.24) is 5.32 Å². The Morgan fingerprint density at radius 2 is 1.67 bits per heavy atom. The van der Waals surface area contributed by atoms with Crippen LogP contribution in [-0.2, 0) is 0 Å². The summed E-state index contributed by atoms with van der Waals surface area (Å²) in [5, 5.41) is 13.0. The molecule has 0 spiro atoms. The molecule has 0 saturated heterocycles. The summed E-state index contributed by atoms with van der Waals surface area (Å²) in [6.07, 6.45) is 7.56. The monoisotopic (exact) mass is 335 g/mol. The Balaban J connectivity index is 1.63. The van der Waals surface area contributed by atoms with Gasteiger partial charge in [-0.05, 0) is 36.6 Å². The Morgan fingerprint density at radius 3 is 2.29 bits per heavy atom. The molecule has 4 heteroatoms. The maximum absolute atomic E-state index is 9.84. The van der Waals surface area contributed by atoms with Crippen LogP contribution in [0.4, 0.5) is 0 Å². The summed E-state index contributed by atoms with van der Waals surface area (Å²) < 4.78 is 11.4. The van der Waals surface area contributed by atoms with E-state index in [0.29, 0.717) is 19.2 Å². The summed E-state index contributed by atoms with van der Waals surface area (Å²) in [5.74, 6) is 2.50. The van der Waals surface area contributed by atoms with Gasteiger partial charge in [-0.1, -0.05) is 46.0 Å². The average molecular weight is 335 g/mol.